The van der Waals surface area contributed by atoms with Crippen molar-refractivity contribution in [3.05, 3.63) is 11.8 Å². The molecule has 2 aliphatic rings. The molecule has 1 heterocycles. The van der Waals surface area contributed by atoms with Gasteiger partial charge in [-0.3, -0.25) is 0 Å². The van der Waals surface area contributed by atoms with E-state index in [2.05, 4.69) is 24.9 Å². The number of hydrogen-bond acceptors (Lipinski definition) is 2. The maximum atomic E-state index is 5.89. The number of likely N-dealkylation sites (tertiary alicyclic amines) is 1. The zero-order valence-corrected chi connectivity index (χ0v) is 9.33. The first-order chi connectivity index (χ1) is 6.77. The Bertz CT molecular complexity index is 224. The molecule has 1 aliphatic heterocycles. The van der Waals surface area contributed by atoms with E-state index in [0.717, 1.165) is 6.61 Å². The molecule has 2 nitrogen and oxygen atoms in total. The van der Waals surface area contributed by atoms with Crippen molar-refractivity contribution in [2.75, 3.05) is 20.2 Å². The standard InChI is InChI=1S/C12H21NO/c1-10-5-3-7-12(10)14-9-11-6-4-8-13(11)2/h7,10-11H,3-6,8-9H2,1-2H3/t10?,11-/m0/s1. The van der Waals surface area contributed by atoms with Gasteiger partial charge in [-0.15, -0.1) is 0 Å². The van der Waals surface area contributed by atoms with Crippen LogP contribution in [-0.2, 0) is 4.74 Å². The summed E-state index contributed by atoms with van der Waals surface area (Å²) >= 11 is 0. The quantitative estimate of drug-likeness (QED) is 0.685. The van der Waals surface area contributed by atoms with Crippen molar-refractivity contribution in [1.29, 1.82) is 0 Å². The van der Waals surface area contributed by atoms with E-state index in [1.165, 1.54) is 38.0 Å². The molecule has 1 fully saturated rings. The summed E-state index contributed by atoms with van der Waals surface area (Å²) in [4.78, 5) is 2.42. The average molecular weight is 195 g/mol. The van der Waals surface area contributed by atoms with Gasteiger partial charge in [0.15, 0.2) is 0 Å². The molecule has 0 radical (unpaired) electrons. The second-order valence-corrected chi connectivity index (χ2v) is 4.67. The van der Waals surface area contributed by atoms with Gasteiger partial charge in [0, 0.05) is 12.0 Å². The van der Waals surface area contributed by atoms with Gasteiger partial charge in [0.1, 0.15) is 6.61 Å². The molecular formula is C12H21NO. The number of nitrogens with zero attached hydrogens (tertiary/aromatic N) is 1. The van der Waals surface area contributed by atoms with Gasteiger partial charge in [-0.1, -0.05) is 6.92 Å². The van der Waals surface area contributed by atoms with E-state index in [1.807, 2.05) is 0 Å². The Hall–Kier alpha value is -0.500. The molecule has 0 saturated carbocycles. The predicted molar refractivity (Wildman–Crippen MR) is 58.1 cm³/mol. The topological polar surface area (TPSA) is 12.5 Å². The zero-order chi connectivity index (χ0) is 9.97. The summed E-state index contributed by atoms with van der Waals surface area (Å²) in [5.74, 6) is 1.90. The van der Waals surface area contributed by atoms with Gasteiger partial charge in [-0.25, -0.2) is 0 Å². The van der Waals surface area contributed by atoms with Gasteiger partial charge in [0.05, 0.1) is 5.76 Å². The summed E-state index contributed by atoms with van der Waals surface area (Å²) in [5, 5.41) is 0. The molecule has 0 spiro atoms. The van der Waals surface area contributed by atoms with Gasteiger partial charge in [0.25, 0.3) is 0 Å². The highest BCUT2D eigenvalue weighted by Crippen LogP contribution is 2.27. The van der Waals surface area contributed by atoms with E-state index in [4.69, 9.17) is 4.74 Å². The van der Waals surface area contributed by atoms with E-state index in [-0.39, 0.29) is 0 Å². The highest BCUT2D eigenvalue weighted by Gasteiger charge is 2.23. The molecule has 1 aliphatic carbocycles. The SMILES string of the molecule is CC1CCC=C1OC[C@@H]1CCCN1C. The average Bonchev–Trinajstić information content (AvgIpc) is 2.72. The van der Waals surface area contributed by atoms with E-state index in [0.29, 0.717) is 12.0 Å². The van der Waals surface area contributed by atoms with Gasteiger partial charge < -0.3 is 9.64 Å². The smallest absolute Gasteiger partial charge is 0.103 e. The van der Waals surface area contributed by atoms with Crippen LogP contribution in [0.15, 0.2) is 11.8 Å². The molecule has 0 aromatic heterocycles. The van der Waals surface area contributed by atoms with Crippen LogP contribution < -0.4 is 0 Å². The maximum Gasteiger partial charge on any atom is 0.103 e. The number of ether oxygens (including phenoxy) is 1. The maximum absolute atomic E-state index is 5.89. The summed E-state index contributed by atoms with van der Waals surface area (Å²) in [6, 6.07) is 0.656. The second kappa shape index (κ2) is 4.35. The second-order valence-electron chi connectivity index (χ2n) is 4.67. The first-order valence-corrected chi connectivity index (χ1v) is 5.80. The predicted octanol–water partition coefficient (Wildman–Crippen LogP) is 2.41. The van der Waals surface area contributed by atoms with Crippen LogP contribution in [0.3, 0.4) is 0 Å². The molecule has 0 aromatic rings. The van der Waals surface area contributed by atoms with Crippen molar-refractivity contribution in [1.82, 2.24) is 4.90 Å². The van der Waals surface area contributed by atoms with Gasteiger partial charge >= 0.3 is 0 Å². The largest absolute Gasteiger partial charge is 0.496 e. The third kappa shape index (κ3) is 2.11. The lowest BCUT2D eigenvalue weighted by Crippen LogP contribution is -2.29. The highest BCUT2D eigenvalue weighted by atomic mass is 16.5. The summed E-state index contributed by atoms with van der Waals surface area (Å²) < 4.78 is 5.89. The molecule has 0 N–H and O–H groups in total. The third-order valence-corrected chi connectivity index (χ3v) is 3.54. The van der Waals surface area contributed by atoms with Gasteiger partial charge in [-0.05, 0) is 45.4 Å². The van der Waals surface area contributed by atoms with Crippen LogP contribution >= 0.6 is 0 Å². The van der Waals surface area contributed by atoms with Crippen LogP contribution in [0, 0.1) is 5.92 Å². The van der Waals surface area contributed by atoms with Crippen LogP contribution in [0.1, 0.15) is 32.6 Å². The first kappa shape index (κ1) is 10.0. The Morgan fingerprint density at radius 2 is 2.36 bits per heavy atom. The van der Waals surface area contributed by atoms with Gasteiger partial charge in [-0.2, -0.15) is 0 Å². The molecule has 1 unspecified atom stereocenters. The number of allylic oxidation sites excluding steroid dienone is 2. The molecule has 2 heteroatoms. The molecule has 1 saturated heterocycles. The monoisotopic (exact) mass is 195 g/mol. The molecule has 2 atom stereocenters. The fraction of sp³-hybridized carbons (Fsp3) is 0.833. The van der Waals surface area contributed by atoms with Crippen molar-refractivity contribution in [3.8, 4) is 0 Å². The summed E-state index contributed by atoms with van der Waals surface area (Å²) in [7, 11) is 2.20. The minimum absolute atomic E-state index is 0.654. The fourth-order valence-electron chi connectivity index (χ4n) is 2.40. The van der Waals surface area contributed by atoms with Crippen LogP contribution in [0.25, 0.3) is 0 Å². The van der Waals surface area contributed by atoms with Crippen molar-refractivity contribution >= 4 is 0 Å². The van der Waals surface area contributed by atoms with Crippen molar-refractivity contribution in [2.45, 2.75) is 38.6 Å². The minimum atomic E-state index is 0.654. The number of hydrogen-bond donors (Lipinski definition) is 0. The molecule has 0 bridgehead atoms. The lowest BCUT2D eigenvalue weighted by atomic mass is 10.1. The van der Waals surface area contributed by atoms with Crippen molar-refractivity contribution in [2.24, 2.45) is 5.92 Å². The summed E-state index contributed by atoms with van der Waals surface area (Å²) in [6.45, 7) is 4.40. The van der Waals surface area contributed by atoms with E-state index >= 15 is 0 Å². The zero-order valence-electron chi connectivity index (χ0n) is 9.33. The van der Waals surface area contributed by atoms with E-state index < -0.39 is 0 Å². The lowest BCUT2D eigenvalue weighted by molar-refractivity contribution is 0.124. The molecule has 0 aromatic carbocycles. The molecule has 14 heavy (non-hydrogen) atoms. The van der Waals surface area contributed by atoms with Crippen LogP contribution in [0.5, 0.6) is 0 Å². The fourth-order valence-corrected chi connectivity index (χ4v) is 2.40. The minimum Gasteiger partial charge on any atom is -0.496 e. The number of rotatable bonds is 3. The summed E-state index contributed by atoms with van der Waals surface area (Å²) in [5.41, 5.74) is 0. The van der Waals surface area contributed by atoms with E-state index in [1.54, 1.807) is 0 Å². The normalized spacial score (nSPS) is 33.4. The molecule has 80 valence electrons. The molecule has 2 rings (SSSR count). The van der Waals surface area contributed by atoms with E-state index in [9.17, 15) is 0 Å². The Labute approximate surface area is 86.9 Å². The van der Waals surface area contributed by atoms with Crippen LogP contribution in [-0.4, -0.2) is 31.1 Å². The van der Waals surface area contributed by atoms with Crippen molar-refractivity contribution in [3.63, 3.8) is 0 Å². The van der Waals surface area contributed by atoms with Gasteiger partial charge in [0.2, 0.25) is 0 Å². The Balaban J connectivity index is 1.76. The Morgan fingerprint density at radius 1 is 1.50 bits per heavy atom. The van der Waals surface area contributed by atoms with Crippen LogP contribution in [0.4, 0.5) is 0 Å². The van der Waals surface area contributed by atoms with Crippen molar-refractivity contribution < 1.29 is 4.74 Å². The first-order valence-electron chi connectivity index (χ1n) is 5.80. The molecular weight excluding hydrogens is 174 g/mol. The third-order valence-electron chi connectivity index (χ3n) is 3.54. The molecule has 0 amide bonds. The lowest BCUT2D eigenvalue weighted by Gasteiger charge is -2.21. The Kier molecular flexibility index (Phi) is 3.12. The Morgan fingerprint density at radius 3 is 2.93 bits per heavy atom. The van der Waals surface area contributed by atoms with Crippen LogP contribution in [0.2, 0.25) is 0 Å². The highest BCUT2D eigenvalue weighted by molar-refractivity contribution is 5.04. The summed E-state index contributed by atoms with van der Waals surface area (Å²) in [6.07, 6.45) is 7.38. The number of likely N-dealkylation sites (N-methyl/N-ethyl adjacent to an activating group) is 1.